The molecule has 4 nitrogen and oxygen atoms in total. The lowest BCUT2D eigenvalue weighted by molar-refractivity contribution is -0.128. The molecule has 1 N–H and O–H groups in total. The van der Waals surface area contributed by atoms with Gasteiger partial charge < -0.3 is 9.80 Å². The molecule has 0 aromatic carbocycles. The second-order valence-corrected chi connectivity index (χ2v) is 6.36. The van der Waals surface area contributed by atoms with Gasteiger partial charge in [0.2, 0.25) is 5.91 Å². The van der Waals surface area contributed by atoms with Crippen molar-refractivity contribution < 1.29 is 4.79 Å². The zero-order valence-electron chi connectivity index (χ0n) is 11.9. The molecule has 108 valence electrons. The summed E-state index contributed by atoms with van der Waals surface area (Å²) in [5.74, 6) is 1.02. The Morgan fingerprint density at radius 2 is 1.79 bits per heavy atom. The van der Waals surface area contributed by atoms with Gasteiger partial charge in [0.05, 0.1) is 12.7 Å². The van der Waals surface area contributed by atoms with Gasteiger partial charge in [0, 0.05) is 6.54 Å². The van der Waals surface area contributed by atoms with Crippen LogP contribution in [0.25, 0.3) is 0 Å². The maximum Gasteiger partial charge on any atom is 0.237 e. The van der Waals surface area contributed by atoms with Crippen molar-refractivity contribution in [3.8, 4) is 0 Å². The Morgan fingerprint density at radius 3 is 2.53 bits per heavy atom. The second kappa shape index (κ2) is 6.23. The number of nitrogens with one attached hydrogen (secondary N) is 1. The topological polar surface area (TPSA) is 35.6 Å². The van der Waals surface area contributed by atoms with E-state index in [1.165, 1.54) is 58.2 Å². The normalized spacial score (nSPS) is 29.8. The molecule has 3 fully saturated rings. The van der Waals surface area contributed by atoms with Crippen LogP contribution in [0.5, 0.6) is 0 Å². The van der Waals surface area contributed by atoms with Gasteiger partial charge in [-0.15, -0.1) is 0 Å². The molecule has 19 heavy (non-hydrogen) atoms. The predicted molar refractivity (Wildman–Crippen MR) is 75.8 cm³/mol. The number of amides is 1. The summed E-state index contributed by atoms with van der Waals surface area (Å²) in [5, 5.41) is 3.44. The fourth-order valence-electron chi connectivity index (χ4n) is 3.99. The Bertz CT molecular complexity index is 309. The first-order valence-electron chi connectivity index (χ1n) is 8.10. The van der Waals surface area contributed by atoms with E-state index in [9.17, 15) is 4.79 Å². The first-order valence-corrected chi connectivity index (χ1v) is 8.10. The molecule has 2 aliphatic heterocycles. The van der Waals surface area contributed by atoms with Gasteiger partial charge in [0.15, 0.2) is 0 Å². The number of carbonyl (C=O) groups excluding carboxylic acids is 1. The molecular weight excluding hydrogens is 238 g/mol. The minimum Gasteiger partial charge on any atom is -0.326 e. The fourth-order valence-corrected chi connectivity index (χ4v) is 3.99. The van der Waals surface area contributed by atoms with Crippen LogP contribution in [0.4, 0.5) is 0 Å². The van der Waals surface area contributed by atoms with E-state index in [4.69, 9.17) is 0 Å². The highest BCUT2D eigenvalue weighted by Gasteiger charge is 2.36. The molecule has 1 atom stereocenters. The van der Waals surface area contributed by atoms with Crippen molar-refractivity contribution in [3.63, 3.8) is 0 Å². The van der Waals surface area contributed by atoms with E-state index >= 15 is 0 Å². The first kappa shape index (κ1) is 13.4. The van der Waals surface area contributed by atoms with Crippen molar-refractivity contribution in [1.29, 1.82) is 0 Å². The summed E-state index contributed by atoms with van der Waals surface area (Å²) >= 11 is 0. The average Bonchev–Trinajstić information content (AvgIpc) is 3.12. The number of nitrogens with zero attached hydrogens (tertiary/aromatic N) is 2. The zero-order chi connectivity index (χ0) is 13.1. The number of carbonyl (C=O) groups is 1. The van der Waals surface area contributed by atoms with Crippen LogP contribution < -0.4 is 5.32 Å². The van der Waals surface area contributed by atoms with E-state index in [-0.39, 0.29) is 0 Å². The molecular formula is C15H27N3O. The SMILES string of the molecule is O=C1CNC(C2CCCC2)N1CCCN1CCCC1. The average molecular weight is 265 g/mol. The number of hydrogen-bond acceptors (Lipinski definition) is 3. The van der Waals surface area contributed by atoms with Gasteiger partial charge in [-0.1, -0.05) is 12.8 Å². The van der Waals surface area contributed by atoms with E-state index in [2.05, 4.69) is 15.1 Å². The summed E-state index contributed by atoms with van der Waals surface area (Å²) in [4.78, 5) is 16.7. The molecule has 4 heteroatoms. The summed E-state index contributed by atoms with van der Waals surface area (Å²) in [6, 6.07) is 0. The van der Waals surface area contributed by atoms with Gasteiger partial charge in [-0.25, -0.2) is 0 Å². The van der Waals surface area contributed by atoms with Crippen molar-refractivity contribution in [3.05, 3.63) is 0 Å². The monoisotopic (exact) mass is 265 g/mol. The quantitative estimate of drug-likeness (QED) is 0.816. The van der Waals surface area contributed by atoms with Crippen LogP contribution in [0.1, 0.15) is 44.9 Å². The molecule has 3 rings (SSSR count). The molecule has 0 aromatic rings. The van der Waals surface area contributed by atoms with Crippen molar-refractivity contribution in [2.45, 2.75) is 51.1 Å². The number of rotatable bonds is 5. The van der Waals surface area contributed by atoms with E-state index in [0.29, 0.717) is 24.5 Å². The van der Waals surface area contributed by atoms with Crippen LogP contribution in [0.2, 0.25) is 0 Å². The van der Waals surface area contributed by atoms with Crippen LogP contribution >= 0.6 is 0 Å². The molecule has 0 aromatic heterocycles. The third-order valence-electron chi connectivity index (χ3n) is 5.04. The molecule has 0 radical (unpaired) electrons. The van der Waals surface area contributed by atoms with Crippen molar-refractivity contribution >= 4 is 5.91 Å². The van der Waals surface area contributed by atoms with Crippen molar-refractivity contribution in [2.75, 3.05) is 32.7 Å². The lowest BCUT2D eigenvalue weighted by atomic mass is 10.0. The van der Waals surface area contributed by atoms with E-state index in [1.54, 1.807) is 0 Å². The van der Waals surface area contributed by atoms with Gasteiger partial charge >= 0.3 is 0 Å². The Morgan fingerprint density at radius 1 is 1.05 bits per heavy atom. The van der Waals surface area contributed by atoms with Crippen LogP contribution in [-0.4, -0.2) is 54.6 Å². The van der Waals surface area contributed by atoms with E-state index < -0.39 is 0 Å². The molecule has 1 unspecified atom stereocenters. The summed E-state index contributed by atoms with van der Waals surface area (Å²) in [6.45, 7) is 5.20. The van der Waals surface area contributed by atoms with Gasteiger partial charge in [-0.2, -0.15) is 0 Å². The molecule has 2 saturated heterocycles. The molecule has 2 heterocycles. The lowest BCUT2D eigenvalue weighted by Crippen LogP contribution is -2.43. The van der Waals surface area contributed by atoms with Gasteiger partial charge in [-0.05, 0) is 57.7 Å². The van der Waals surface area contributed by atoms with Gasteiger partial charge in [0.25, 0.3) is 0 Å². The highest BCUT2D eigenvalue weighted by atomic mass is 16.2. The summed E-state index contributed by atoms with van der Waals surface area (Å²) < 4.78 is 0. The standard InChI is InChI=1S/C15H27N3O/c19-14-12-16-15(13-6-1-2-7-13)18(14)11-5-10-17-8-3-4-9-17/h13,15-16H,1-12H2. The summed E-state index contributed by atoms with van der Waals surface area (Å²) in [6.07, 6.45) is 9.48. The third kappa shape index (κ3) is 3.11. The number of likely N-dealkylation sites (tertiary alicyclic amines) is 1. The Hall–Kier alpha value is -0.610. The minimum absolute atomic E-state index is 0.318. The van der Waals surface area contributed by atoms with Crippen LogP contribution in [0, 0.1) is 5.92 Å². The molecule has 1 amide bonds. The largest absolute Gasteiger partial charge is 0.326 e. The van der Waals surface area contributed by atoms with Crippen LogP contribution in [0.15, 0.2) is 0 Å². The van der Waals surface area contributed by atoms with E-state index in [0.717, 1.165) is 13.0 Å². The van der Waals surface area contributed by atoms with Crippen molar-refractivity contribution in [2.24, 2.45) is 5.92 Å². The van der Waals surface area contributed by atoms with E-state index in [1.807, 2.05) is 0 Å². The molecule has 1 aliphatic carbocycles. The maximum absolute atomic E-state index is 12.0. The highest BCUT2D eigenvalue weighted by molar-refractivity contribution is 5.80. The Kier molecular flexibility index (Phi) is 4.38. The fraction of sp³-hybridized carbons (Fsp3) is 0.933. The minimum atomic E-state index is 0.318. The zero-order valence-corrected chi connectivity index (χ0v) is 11.9. The Balaban J connectivity index is 1.47. The van der Waals surface area contributed by atoms with Crippen LogP contribution in [0.3, 0.4) is 0 Å². The van der Waals surface area contributed by atoms with Gasteiger partial charge in [0.1, 0.15) is 0 Å². The summed E-state index contributed by atoms with van der Waals surface area (Å²) in [7, 11) is 0. The van der Waals surface area contributed by atoms with Crippen molar-refractivity contribution in [1.82, 2.24) is 15.1 Å². The molecule has 0 spiro atoms. The molecule has 1 saturated carbocycles. The maximum atomic E-state index is 12.0. The molecule has 3 aliphatic rings. The highest BCUT2D eigenvalue weighted by Crippen LogP contribution is 2.30. The number of hydrogen-bond donors (Lipinski definition) is 1. The lowest BCUT2D eigenvalue weighted by Gasteiger charge is -2.29. The predicted octanol–water partition coefficient (Wildman–Crippen LogP) is 1.42. The third-order valence-corrected chi connectivity index (χ3v) is 5.04. The summed E-state index contributed by atoms with van der Waals surface area (Å²) in [5.41, 5.74) is 0. The second-order valence-electron chi connectivity index (χ2n) is 6.36. The van der Waals surface area contributed by atoms with Gasteiger partial charge in [-0.3, -0.25) is 10.1 Å². The smallest absolute Gasteiger partial charge is 0.237 e. The van der Waals surface area contributed by atoms with Crippen LogP contribution in [-0.2, 0) is 4.79 Å². The molecule has 0 bridgehead atoms. The Labute approximate surface area is 116 Å². The first-order chi connectivity index (χ1) is 9.34.